The van der Waals surface area contributed by atoms with E-state index in [-0.39, 0.29) is 0 Å². The predicted molar refractivity (Wildman–Crippen MR) is 51.4 cm³/mol. The first kappa shape index (κ1) is 11.5. The van der Waals surface area contributed by atoms with Crippen molar-refractivity contribution in [3.63, 3.8) is 0 Å². The molecule has 0 radical (unpaired) electrons. The molecule has 1 rings (SSSR count). The van der Waals surface area contributed by atoms with E-state index in [4.69, 9.17) is 5.11 Å². The fourth-order valence-electron chi connectivity index (χ4n) is 1.84. The van der Waals surface area contributed by atoms with Crippen LogP contribution in [0.25, 0.3) is 0 Å². The molecule has 1 aliphatic rings. The van der Waals surface area contributed by atoms with E-state index in [9.17, 15) is 13.2 Å². The Morgan fingerprint density at radius 3 is 2.36 bits per heavy atom. The van der Waals surface area contributed by atoms with Gasteiger partial charge in [0.25, 0.3) is 0 Å². The van der Waals surface area contributed by atoms with Crippen molar-refractivity contribution in [1.82, 2.24) is 4.31 Å². The lowest BCUT2D eigenvalue weighted by molar-refractivity contribution is -0.149. The standard InChI is InChI=1S/C8H15NO4S/c1-8(7(10)11)5-3-4-6-9(8)14(2,12)13/h3-6H2,1-2H3,(H,10,11). The summed E-state index contributed by atoms with van der Waals surface area (Å²) in [5, 5.41) is 9.03. The maximum atomic E-state index is 11.4. The van der Waals surface area contributed by atoms with Crippen LogP contribution in [0.15, 0.2) is 0 Å². The van der Waals surface area contributed by atoms with Crippen molar-refractivity contribution >= 4 is 16.0 Å². The quantitative estimate of drug-likeness (QED) is 0.726. The number of hydrogen-bond acceptors (Lipinski definition) is 3. The zero-order valence-corrected chi connectivity index (χ0v) is 9.17. The van der Waals surface area contributed by atoms with Gasteiger partial charge in [-0.25, -0.2) is 8.42 Å². The Morgan fingerprint density at radius 2 is 2.00 bits per heavy atom. The number of nitrogens with zero attached hydrogens (tertiary/aromatic N) is 1. The molecule has 1 fully saturated rings. The van der Waals surface area contributed by atoms with Crippen LogP contribution in [0.5, 0.6) is 0 Å². The van der Waals surface area contributed by atoms with Crippen LogP contribution in [-0.2, 0) is 14.8 Å². The van der Waals surface area contributed by atoms with Crippen molar-refractivity contribution in [2.75, 3.05) is 12.8 Å². The Bertz CT molecular complexity index is 337. The van der Waals surface area contributed by atoms with E-state index in [0.29, 0.717) is 13.0 Å². The van der Waals surface area contributed by atoms with Crippen LogP contribution < -0.4 is 0 Å². The van der Waals surface area contributed by atoms with Crippen molar-refractivity contribution in [3.05, 3.63) is 0 Å². The van der Waals surface area contributed by atoms with Gasteiger partial charge in [-0.3, -0.25) is 4.79 Å². The third kappa shape index (κ3) is 1.90. The van der Waals surface area contributed by atoms with Crippen LogP contribution in [0.2, 0.25) is 0 Å². The summed E-state index contributed by atoms with van der Waals surface area (Å²) < 4.78 is 23.8. The van der Waals surface area contributed by atoms with Gasteiger partial charge in [-0.05, 0) is 26.2 Å². The van der Waals surface area contributed by atoms with Crippen LogP contribution in [0.4, 0.5) is 0 Å². The second-order valence-electron chi connectivity index (χ2n) is 3.87. The average molecular weight is 221 g/mol. The maximum Gasteiger partial charge on any atom is 0.324 e. The second-order valence-corrected chi connectivity index (χ2v) is 5.78. The van der Waals surface area contributed by atoms with Crippen molar-refractivity contribution in [2.24, 2.45) is 0 Å². The zero-order chi connectivity index (χ0) is 11.0. The van der Waals surface area contributed by atoms with E-state index < -0.39 is 21.5 Å². The second kappa shape index (κ2) is 3.51. The predicted octanol–water partition coefficient (Wildman–Crippen LogP) is 0.275. The first-order valence-corrected chi connectivity index (χ1v) is 6.34. The number of carboxylic acid groups (broad SMARTS) is 1. The lowest BCUT2D eigenvalue weighted by Crippen LogP contribution is -2.57. The van der Waals surface area contributed by atoms with Gasteiger partial charge in [0.15, 0.2) is 0 Å². The Labute approximate surface area is 83.8 Å². The highest BCUT2D eigenvalue weighted by molar-refractivity contribution is 7.88. The lowest BCUT2D eigenvalue weighted by atomic mass is 9.91. The Kier molecular flexibility index (Phi) is 2.87. The van der Waals surface area contributed by atoms with E-state index in [2.05, 4.69) is 0 Å². The number of rotatable bonds is 2. The molecule has 1 unspecified atom stereocenters. The maximum absolute atomic E-state index is 11.4. The molecule has 1 aliphatic heterocycles. The average Bonchev–Trinajstić information content (AvgIpc) is 2.02. The van der Waals surface area contributed by atoms with Gasteiger partial charge in [-0.15, -0.1) is 0 Å². The number of carbonyl (C=O) groups is 1. The van der Waals surface area contributed by atoms with Crippen LogP contribution >= 0.6 is 0 Å². The molecule has 0 bridgehead atoms. The minimum absolute atomic E-state index is 0.307. The highest BCUT2D eigenvalue weighted by atomic mass is 32.2. The fraction of sp³-hybridized carbons (Fsp3) is 0.875. The molecule has 0 amide bonds. The van der Waals surface area contributed by atoms with Gasteiger partial charge in [0.2, 0.25) is 10.0 Å². The third-order valence-electron chi connectivity index (χ3n) is 2.69. The van der Waals surface area contributed by atoms with Crippen molar-refractivity contribution in [2.45, 2.75) is 31.7 Å². The summed E-state index contributed by atoms with van der Waals surface area (Å²) in [6.45, 7) is 1.77. The van der Waals surface area contributed by atoms with E-state index in [1.54, 1.807) is 0 Å². The fourth-order valence-corrected chi connectivity index (χ4v) is 3.20. The smallest absolute Gasteiger partial charge is 0.324 e. The lowest BCUT2D eigenvalue weighted by Gasteiger charge is -2.39. The Balaban J connectivity index is 3.07. The van der Waals surface area contributed by atoms with Gasteiger partial charge in [0.05, 0.1) is 6.26 Å². The van der Waals surface area contributed by atoms with Gasteiger partial charge in [0, 0.05) is 6.54 Å². The first-order valence-electron chi connectivity index (χ1n) is 4.50. The summed E-state index contributed by atoms with van der Waals surface area (Å²) in [6, 6.07) is 0. The molecule has 0 aromatic carbocycles. The molecule has 6 heteroatoms. The number of piperidine rings is 1. The molecule has 1 atom stereocenters. The van der Waals surface area contributed by atoms with Gasteiger partial charge >= 0.3 is 5.97 Å². The Hall–Kier alpha value is -0.620. The van der Waals surface area contributed by atoms with Crippen molar-refractivity contribution in [3.8, 4) is 0 Å². The number of carboxylic acids is 1. The molecule has 0 saturated carbocycles. The van der Waals surface area contributed by atoms with Gasteiger partial charge in [-0.1, -0.05) is 0 Å². The van der Waals surface area contributed by atoms with Crippen LogP contribution in [0.3, 0.4) is 0 Å². The number of hydrogen-bond donors (Lipinski definition) is 1. The van der Waals surface area contributed by atoms with Crippen molar-refractivity contribution < 1.29 is 18.3 Å². The van der Waals surface area contributed by atoms with Crippen LogP contribution in [-0.4, -0.2) is 42.1 Å². The van der Waals surface area contributed by atoms with E-state index in [0.717, 1.165) is 23.4 Å². The minimum Gasteiger partial charge on any atom is -0.480 e. The van der Waals surface area contributed by atoms with Gasteiger partial charge in [-0.2, -0.15) is 4.31 Å². The van der Waals surface area contributed by atoms with Crippen LogP contribution in [0.1, 0.15) is 26.2 Å². The summed E-state index contributed by atoms with van der Waals surface area (Å²) in [5.74, 6) is -1.07. The highest BCUT2D eigenvalue weighted by Crippen LogP contribution is 2.30. The molecule has 5 nitrogen and oxygen atoms in total. The van der Waals surface area contributed by atoms with E-state index >= 15 is 0 Å². The van der Waals surface area contributed by atoms with Crippen molar-refractivity contribution in [1.29, 1.82) is 0 Å². The molecule has 0 aromatic heterocycles. The minimum atomic E-state index is -3.43. The monoisotopic (exact) mass is 221 g/mol. The molecule has 1 N–H and O–H groups in total. The third-order valence-corrected chi connectivity index (χ3v) is 4.07. The molecule has 82 valence electrons. The zero-order valence-electron chi connectivity index (χ0n) is 8.36. The van der Waals surface area contributed by atoms with E-state index in [1.165, 1.54) is 6.92 Å². The number of aliphatic carboxylic acids is 1. The summed E-state index contributed by atoms with van der Waals surface area (Å²) in [7, 11) is -3.43. The summed E-state index contributed by atoms with van der Waals surface area (Å²) >= 11 is 0. The first-order chi connectivity index (χ1) is 6.28. The molecular weight excluding hydrogens is 206 g/mol. The largest absolute Gasteiger partial charge is 0.480 e. The van der Waals surface area contributed by atoms with E-state index in [1.807, 2.05) is 0 Å². The molecule has 1 heterocycles. The number of sulfonamides is 1. The summed E-state index contributed by atoms with van der Waals surface area (Å²) in [6.07, 6.45) is 2.93. The molecular formula is C8H15NO4S. The molecule has 0 aromatic rings. The molecule has 0 spiro atoms. The normalized spacial score (nSPS) is 30.1. The molecule has 14 heavy (non-hydrogen) atoms. The Morgan fingerprint density at radius 1 is 1.43 bits per heavy atom. The highest BCUT2D eigenvalue weighted by Gasteiger charge is 2.45. The molecule has 1 saturated heterocycles. The summed E-state index contributed by atoms with van der Waals surface area (Å²) in [4.78, 5) is 11.0. The van der Waals surface area contributed by atoms with Gasteiger partial charge < -0.3 is 5.11 Å². The molecule has 0 aliphatic carbocycles. The summed E-state index contributed by atoms with van der Waals surface area (Å²) in [5.41, 5.74) is -1.26. The topological polar surface area (TPSA) is 74.7 Å². The SMILES string of the molecule is CC1(C(=O)O)CCCCN1S(C)(=O)=O. The van der Waals surface area contributed by atoms with Crippen LogP contribution in [0, 0.1) is 0 Å². The van der Waals surface area contributed by atoms with Gasteiger partial charge in [0.1, 0.15) is 5.54 Å².